The number of hydrogen-bond acceptors (Lipinski definition) is 4. The molecule has 1 atom stereocenters. The molecule has 0 aliphatic heterocycles. The van der Waals surface area contributed by atoms with Crippen molar-refractivity contribution in [2.75, 3.05) is 5.32 Å². The van der Waals surface area contributed by atoms with Crippen molar-refractivity contribution in [3.05, 3.63) is 59.7 Å². The average Bonchev–Trinajstić information content (AvgIpc) is 2.88. The molecule has 1 aromatic heterocycles. The molecule has 0 saturated heterocycles. The van der Waals surface area contributed by atoms with Gasteiger partial charge in [-0.15, -0.1) is 0 Å². The molecule has 3 nitrogen and oxygen atoms in total. The van der Waals surface area contributed by atoms with Gasteiger partial charge in [-0.05, 0) is 24.6 Å². The minimum absolute atomic E-state index is 0.379. The summed E-state index contributed by atoms with van der Waals surface area (Å²) < 4.78 is 1.12. The third-order valence-corrected chi connectivity index (χ3v) is 4.07. The number of hydrogen-bond donors (Lipinski definition) is 1. The van der Waals surface area contributed by atoms with E-state index in [4.69, 9.17) is 0 Å². The first-order valence-electron chi connectivity index (χ1n) is 6.34. The molecule has 20 heavy (non-hydrogen) atoms. The first-order chi connectivity index (χ1) is 9.76. The third kappa shape index (κ3) is 2.49. The number of nitrogens with one attached hydrogen (secondary N) is 1. The molecule has 3 aromatic rings. The van der Waals surface area contributed by atoms with Crippen molar-refractivity contribution in [3.63, 3.8) is 0 Å². The van der Waals surface area contributed by atoms with Gasteiger partial charge in [0.25, 0.3) is 0 Å². The zero-order valence-electron chi connectivity index (χ0n) is 11.0. The molecule has 0 unspecified atom stereocenters. The second-order valence-corrected chi connectivity index (χ2v) is 5.63. The minimum Gasteiger partial charge on any atom is -0.342 e. The fraction of sp³-hybridized carbons (Fsp3) is 0.125. The molecule has 0 radical (unpaired) electrons. The van der Waals surface area contributed by atoms with E-state index in [0.717, 1.165) is 20.9 Å². The van der Waals surface area contributed by atoms with Crippen molar-refractivity contribution < 1.29 is 0 Å². The van der Waals surface area contributed by atoms with Crippen LogP contribution in [0.25, 0.3) is 10.2 Å². The van der Waals surface area contributed by atoms with Crippen molar-refractivity contribution in [2.45, 2.75) is 13.0 Å². The molecule has 4 heteroatoms. The zero-order chi connectivity index (χ0) is 13.9. The fourth-order valence-electron chi connectivity index (χ4n) is 2.01. The largest absolute Gasteiger partial charge is 0.342 e. The van der Waals surface area contributed by atoms with Gasteiger partial charge in [0.05, 0.1) is 16.3 Å². The van der Waals surface area contributed by atoms with Gasteiger partial charge in [-0.3, -0.25) is 0 Å². The highest BCUT2D eigenvalue weighted by molar-refractivity contribution is 7.22. The van der Waals surface area contributed by atoms with Crippen LogP contribution in [0.2, 0.25) is 0 Å². The first kappa shape index (κ1) is 12.6. The molecule has 3 rings (SSSR count). The summed E-state index contributed by atoms with van der Waals surface area (Å²) in [4.78, 5) is 4.50. The average molecular weight is 279 g/mol. The summed E-state index contributed by atoms with van der Waals surface area (Å²) in [6, 6.07) is 17.9. The van der Waals surface area contributed by atoms with E-state index in [0.29, 0.717) is 0 Å². The molecule has 1 heterocycles. The van der Waals surface area contributed by atoms with E-state index in [9.17, 15) is 5.26 Å². The number of fused-ring (bicyclic) bond motifs is 1. The Morgan fingerprint density at radius 1 is 1.15 bits per heavy atom. The van der Waals surface area contributed by atoms with Gasteiger partial charge in [0.2, 0.25) is 0 Å². The normalized spacial score (nSPS) is 12.0. The Bertz CT molecular complexity index is 735. The quantitative estimate of drug-likeness (QED) is 0.778. The number of nitriles is 1. The Kier molecular flexibility index (Phi) is 3.36. The Morgan fingerprint density at radius 3 is 2.60 bits per heavy atom. The maximum atomic E-state index is 9.35. The standard InChI is InChI=1S/C16H13N3S/c1-11-6-8-12(9-7-11)14(10-17)19-16-18-13-4-2-3-5-15(13)20-16/h2-9,14H,1H3,(H,18,19)/t14-/m1/s1. The van der Waals surface area contributed by atoms with E-state index in [1.54, 1.807) is 11.3 Å². The van der Waals surface area contributed by atoms with Gasteiger partial charge < -0.3 is 5.32 Å². The number of para-hydroxylation sites is 1. The molecular formula is C16H13N3S. The molecular weight excluding hydrogens is 266 g/mol. The van der Waals surface area contributed by atoms with Crippen molar-refractivity contribution >= 4 is 26.7 Å². The topological polar surface area (TPSA) is 48.7 Å². The number of nitrogens with zero attached hydrogens (tertiary/aromatic N) is 2. The fourth-order valence-corrected chi connectivity index (χ4v) is 2.90. The van der Waals surface area contributed by atoms with Gasteiger partial charge in [0.1, 0.15) is 6.04 Å². The smallest absolute Gasteiger partial charge is 0.185 e. The summed E-state index contributed by atoms with van der Waals surface area (Å²) in [6.45, 7) is 2.03. The van der Waals surface area contributed by atoms with E-state index in [1.807, 2.05) is 55.5 Å². The summed E-state index contributed by atoms with van der Waals surface area (Å²) in [6.07, 6.45) is 0. The molecule has 0 aliphatic carbocycles. The molecule has 1 N–H and O–H groups in total. The monoisotopic (exact) mass is 279 g/mol. The predicted molar refractivity (Wildman–Crippen MR) is 82.8 cm³/mol. The first-order valence-corrected chi connectivity index (χ1v) is 7.16. The number of rotatable bonds is 3. The highest BCUT2D eigenvalue weighted by Gasteiger charge is 2.12. The van der Waals surface area contributed by atoms with E-state index in [1.165, 1.54) is 5.56 Å². The van der Waals surface area contributed by atoms with Crippen LogP contribution in [-0.4, -0.2) is 4.98 Å². The minimum atomic E-state index is -0.379. The second-order valence-electron chi connectivity index (χ2n) is 4.60. The van der Waals surface area contributed by atoms with Gasteiger partial charge in [-0.2, -0.15) is 5.26 Å². The van der Waals surface area contributed by atoms with Crippen molar-refractivity contribution in [1.82, 2.24) is 4.98 Å². The lowest BCUT2D eigenvalue weighted by molar-refractivity contribution is 0.992. The lowest BCUT2D eigenvalue weighted by atomic mass is 10.1. The number of aromatic nitrogens is 1. The van der Waals surface area contributed by atoms with Crippen LogP contribution in [0.1, 0.15) is 17.2 Å². The summed E-state index contributed by atoms with van der Waals surface area (Å²) >= 11 is 1.57. The van der Waals surface area contributed by atoms with E-state index in [-0.39, 0.29) is 6.04 Å². The van der Waals surface area contributed by atoms with Crippen LogP contribution in [0.15, 0.2) is 48.5 Å². The number of thiazole rings is 1. The Labute approximate surface area is 121 Å². The number of anilines is 1. The van der Waals surface area contributed by atoms with Crippen molar-refractivity contribution in [2.24, 2.45) is 0 Å². The van der Waals surface area contributed by atoms with Crippen LogP contribution in [0.3, 0.4) is 0 Å². The highest BCUT2D eigenvalue weighted by atomic mass is 32.1. The van der Waals surface area contributed by atoms with Gasteiger partial charge in [-0.25, -0.2) is 4.98 Å². The molecule has 2 aromatic carbocycles. The molecule has 0 bridgehead atoms. The summed E-state index contributed by atoms with van der Waals surface area (Å²) in [5.74, 6) is 0. The molecule has 0 saturated carbocycles. The lowest BCUT2D eigenvalue weighted by Gasteiger charge is -2.10. The van der Waals surface area contributed by atoms with Crippen LogP contribution in [0, 0.1) is 18.3 Å². The summed E-state index contributed by atoms with van der Waals surface area (Å²) in [5, 5.41) is 13.3. The van der Waals surface area contributed by atoms with Gasteiger partial charge >= 0.3 is 0 Å². The van der Waals surface area contributed by atoms with Crippen LogP contribution >= 0.6 is 11.3 Å². The summed E-state index contributed by atoms with van der Waals surface area (Å²) in [5.41, 5.74) is 3.10. The van der Waals surface area contributed by atoms with Crippen LogP contribution in [0.5, 0.6) is 0 Å². The van der Waals surface area contributed by atoms with E-state index >= 15 is 0 Å². The van der Waals surface area contributed by atoms with Crippen LogP contribution < -0.4 is 5.32 Å². The number of aryl methyl sites for hydroxylation is 1. The molecule has 0 fully saturated rings. The van der Waals surface area contributed by atoms with Crippen molar-refractivity contribution in [1.29, 1.82) is 5.26 Å². The van der Waals surface area contributed by atoms with Crippen molar-refractivity contribution in [3.8, 4) is 6.07 Å². The van der Waals surface area contributed by atoms with E-state index in [2.05, 4.69) is 16.4 Å². The van der Waals surface area contributed by atoms with Crippen LogP contribution in [0.4, 0.5) is 5.13 Å². The molecule has 98 valence electrons. The Hall–Kier alpha value is -2.38. The van der Waals surface area contributed by atoms with Gasteiger partial charge in [-0.1, -0.05) is 53.3 Å². The Morgan fingerprint density at radius 2 is 1.90 bits per heavy atom. The van der Waals surface area contributed by atoms with Gasteiger partial charge in [0, 0.05) is 0 Å². The highest BCUT2D eigenvalue weighted by Crippen LogP contribution is 2.28. The summed E-state index contributed by atoms with van der Waals surface area (Å²) in [7, 11) is 0. The SMILES string of the molecule is Cc1ccc([C@@H](C#N)Nc2nc3ccccc3s2)cc1. The third-order valence-electron chi connectivity index (χ3n) is 3.10. The molecule has 0 amide bonds. The lowest BCUT2D eigenvalue weighted by Crippen LogP contribution is -2.08. The zero-order valence-corrected chi connectivity index (χ0v) is 11.8. The Balaban J connectivity index is 1.88. The maximum Gasteiger partial charge on any atom is 0.185 e. The second kappa shape index (κ2) is 5.32. The number of benzene rings is 2. The van der Waals surface area contributed by atoms with Crippen LogP contribution in [-0.2, 0) is 0 Å². The van der Waals surface area contributed by atoms with Gasteiger partial charge in [0.15, 0.2) is 5.13 Å². The van der Waals surface area contributed by atoms with E-state index < -0.39 is 0 Å². The molecule has 0 spiro atoms. The maximum absolute atomic E-state index is 9.35. The predicted octanol–water partition coefficient (Wildman–Crippen LogP) is 4.28. The molecule has 0 aliphatic rings.